The summed E-state index contributed by atoms with van der Waals surface area (Å²) >= 11 is 0. The molecule has 1 amide bonds. The minimum atomic E-state index is -0.0495. The quantitative estimate of drug-likeness (QED) is 0.835. The fourth-order valence-electron chi connectivity index (χ4n) is 3.13. The first kappa shape index (κ1) is 17.7. The Hall–Kier alpha value is -3.07. The third-order valence-corrected chi connectivity index (χ3v) is 4.38. The number of rotatable bonds is 6. The number of benzene rings is 1. The molecule has 1 aromatic carbocycles. The molecule has 1 aliphatic rings. The van der Waals surface area contributed by atoms with Crippen LogP contribution in [-0.4, -0.2) is 30.0 Å². The number of nitrogens with one attached hydrogen (secondary N) is 2. The van der Waals surface area contributed by atoms with Gasteiger partial charge in [0.15, 0.2) is 0 Å². The molecule has 0 bridgehead atoms. The SMILES string of the molecule is C[C@H](CC(=O)Nc1cccc(N2CCCC2)c1)Nc1ccc(C#N)nc1. The van der Waals surface area contributed by atoms with Crippen LogP contribution < -0.4 is 15.5 Å². The van der Waals surface area contributed by atoms with Gasteiger partial charge in [-0.15, -0.1) is 0 Å². The van der Waals surface area contributed by atoms with Crippen LogP contribution in [0.25, 0.3) is 0 Å². The van der Waals surface area contributed by atoms with Gasteiger partial charge in [0.1, 0.15) is 11.8 Å². The zero-order chi connectivity index (χ0) is 18.4. The number of carbonyl (C=O) groups excluding carboxylic acids is 1. The van der Waals surface area contributed by atoms with E-state index in [9.17, 15) is 4.79 Å². The van der Waals surface area contributed by atoms with Gasteiger partial charge in [-0.25, -0.2) is 4.98 Å². The second kappa shape index (κ2) is 8.34. The molecule has 0 radical (unpaired) electrons. The maximum atomic E-state index is 12.3. The summed E-state index contributed by atoms with van der Waals surface area (Å²) in [6, 6.07) is 13.4. The van der Waals surface area contributed by atoms with Crippen molar-refractivity contribution >= 4 is 23.0 Å². The summed E-state index contributed by atoms with van der Waals surface area (Å²) < 4.78 is 0. The number of nitriles is 1. The molecule has 0 spiro atoms. The summed E-state index contributed by atoms with van der Waals surface area (Å²) in [7, 11) is 0. The maximum Gasteiger partial charge on any atom is 0.226 e. The first-order chi connectivity index (χ1) is 12.6. The summed E-state index contributed by atoms with van der Waals surface area (Å²) in [6.45, 7) is 4.10. The van der Waals surface area contributed by atoms with Crippen LogP contribution in [0.4, 0.5) is 17.1 Å². The highest BCUT2D eigenvalue weighted by molar-refractivity contribution is 5.91. The highest BCUT2D eigenvalue weighted by Crippen LogP contribution is 2.23. The van der Waals surface area contributed by atoms with Crippen LogP contribution in [0, 0.1) is 11.3 Å². The Balaban J connectivity index is 1.53. The molecule has 1 fully saturated rings. The number of hydrogen-bond acceptors (Lipinski definition) is 5. The van der Waals surface area contributed by atoms with Crippen LogP contribution >= 0.6 is 0 Å². The molecule has 6 nitrogen and oxygen atoms in total. The number of amides is 1. The van der Waals surface area contributed by atoms with Gasteiger partial charge in [-0.05, 0) is 50.1 Å². The summed E-state index contributed by atoms with van der Waals surface area (Å²) in [5.41, 5.74) is 3.15. The van der Waals surface area contributed by atoms with Crippen molar-refractivity contribution < 1.29 is 4.79 Å². The fraction of sp³-hybridized carbons (Fsp3) is 0.350. The van der Waals surface area contributed by atoms with Crippen LogP contribution in [0.15, 0.2) is 42.6 Å². The monoisotopic (exact) mass is 349 g/mol. The van der Waals surface area contributed by atoms with Gasteiger partial charge in [-0.1, -0.05) is 6.07 Å². The van der Waals surface area contributed by atoms with Gasteiger partial charge in [0.05, 0.1) is 11.9 Å². The molecule has 6 heteroatoms. The van der Waals surface area contributed by atoms with Crippen molar-refractivity contribution in [1.82, 2.24) is 4.98 Å². The van der Waals surface area contributed by atoms with Crippen molar-refractivity contribution in [3.05, 3.63) is 48.3 Å². The van der Waals surface area contributed by atoms with E-state index in [0.29, 0.717) is 12.1 Å². The van der Waals surface area contributed by atoms with Gasteiger partial charge in [0.25, 0.3) is 0 Å². The minimum Gasteiger partial charge on any atom is -0.381 e. The van der Waals surface area contributed by atoms with E-state index in [1.165, 1.54) is 12.8 Å². The minimum absolute atomic E-state index is 0.0369. The summed E-state index contributed by atoms with van der Waals surface area (Å²) in [6.07, 6.45) is 4.40. The normalized spacial score (nSPS) is 14.5. The second-order valence-electron chi connectivity index (χ2n) is 6.59. The van der Waals surface area contributed by atoms with Gasteiger partial charge in [-0.2, -0.15) is 5.26 Å². The van der Waals surface area contributed by atoms with E-state index in [4.69, 9.17) is 5.26 Å². The number of hydrogen-bond donors (Lipinski definition) is 2. The molecule has 1 saturated heterocycles. The maximum absolute atomic E-state index is 12.3. The number of pyridine rings is 1. The molecule has 1 aromatic heterocycles. The first-order valence-corrected chi connectivity index (χ1v) is 8.91. The van der Waals surface area contributed by atoms with Gasteiger partial charge in [0, 0.05) is 36.9 Å². The Bertz CT molecular complexity index is 791. The topological polar surface area (TPSA) is 81.0 Å². The lowest BCUT2D eigenvalue weighted by Crippen LogP contribution is -2.24. The standard InChI is InChI=1S/C20H23N5O/c1-15(23-18-8-7-17(13-21)22-14-18)11-20(26)24-16-5-4-6-19(12-16)25-9-2-3-10-25/h4-8,12,14-15,23H,2-3,9-11H2,1H3,(H,24,26)/t15-/m1/s1. The Morgan fingerprint density at radius 1 is 1.27 bits per heavy atom. The molecule has 0 aliphatic carbocycles. The van der Waals surface area contributed by atoms with E-state index in [1.807, 2.05) is 31.2 Å². The largest absolute Gasteiger partial charge is 0.381 e. The zero-order valence-electron chi connectivity index (χ0n) is 14.9. The van der Waals surface area contributed by atoms with Crippen LogP contribution in [0.3, 0.4) is 0 Å². The summed E-state index contributed by atoms with van der Waals surface area (Å²) in [5.74, 6) is -0.0369. The lowest BCUT2D eigenvalue weighted by molar-refractivity contribution is -0.116. The molecule has 1 aliphatic heterocycles. The van der Waals surface area contributed by atoms with Gasteiger partial charge in [0.2, 0.25) is 5.91 Å². The van der Waals surface area contributed by atoms with Gasteiger partial charge < -0.3 is 15.5 Å². The smallest absolute Gasteiger partial charge is 0.226 e. The number of aromatic nitrogens is 1. The Morgan fingerprint density at radius 2 is 2.08 bits per heavy atom. The molecule has 2 aromatic rings. The van der Waals surface area contributed by atoms with Crippen LogP contribution in [0.2, 0.25) is 0 Å². The molecule has 2 heterocycles. The molecular weight excluding hydrogens is 326 g/mol. The number of nitrogens with zero attached hydrogens (tertiary/aromatic N) is 3. The van der Waals surface area contributed by atoms with E-state index in [0.717, 1.165) is 30.2 Å². The molecule has 26 heavy (non-hydrogen) atoms. The highest BCUT2D eigenvalue weighted by Gasteiger charge is 2.14. The van der Waals surface area contributed by atoms with Crippen molar-refractivity contribution in [2.45, 2.75) is 32.2 Å². The predicted octanol–water partition coefficient (Wildman–Crippen LogP) is 3.38. The average Bonchev–Trinajstić information content (AvgIpc) is 3.17. The Kier molecular flexibility index (Phi) is 5.69. The second-order valence-corrected chi connectivity index (χ2v) is 6.59. The Morgan fingerprint density at radius 3 is 2.77 bits per heavy atom. The lowest BCUT2D eigenvalue weighted by Gasteiger charge is -2.19. The van der Waals surface area contributed by atoms with E-state index < -0.39 is 0 Å². The summed E-state index contributed by atoms with van der Waals surface area (Å²) in [4.78, 5) is 18.7. The zero-order valence-corrected chi connectivity index (χ0v) is 14.9. The molecule has 3 rings (SSSR count). The highest BCUT2D eigenvalue weighted by atomic mass is 16.1. The van der Waals surface area contributed by atoms with Crippen molar-refractivity contribution in [1.29, 1.82) is 5.26 Å². The molecule has 0 unspecified atom stereocenters. The first-order valence-electron chi connectivity index (χ1n) is 8.91. The van der Waals surface area contributed by atoms with E-state index in [-0.39, 0.29) is 11.9 Å². The van der Waals surface area contributed by atoms with Crippen LogP contribution in [-0.2, 0) is 4.79 Å². The predicted molar refractivity (Wildman–Crippen MR) is 103 cm³/mol. The molecule has 134 valence electrons. The van der Waals surface area contributed by atoms with Gasteiger partial charge in [-0.3, -0.25) is 4.79 Å². The number of carbonyl (C=O) groups is 1. The van der Waals surface area contributed by atoms with Crippen molar-refractivity contribution in [2.75, 3.05) is 28.6 Å². The number of anilines is 3. The van der Waals surface area contributed by atoms with Crippen LogP contribution in [0.5, 0.6) is 0 Å². The van der Waals surface area contributed by atoms with E-state index >= 15 is 0 Å². The van der Waals surface area contributed by atoms with Crippen molar-refractivity contribution in [2.24, 2.45) is 0 Å². The molecule has 1 atom stereocenters. The molecule has 0 saturated carbocycles. The molecule has 2 N–H and O–H groups in total. The van der Waals surface area contributed by atoms with Crippen molar-refractivity contribution in [3.63, 3.8) is 0 Å². The van der Waals surface area contributed by atoms with Crippen LogP contribution in [0.1, 0.15) is 31.9 Å². The molecular formula is C20H23N5O. The lowest BCUT2D eigenvalue weighted by atomic mass is 10.2. The third-order valence-electron chi connectivity index (χ3n) is 4.38. The summed E-state index contributed by atoms with van der Waals surface area (Å²) in [5, 5.41) is 15.0. The van der Waals surface area contributed by atoms with E-state index in [2.05, 4.69) is 26.6 Å². The fourth-order valence-corrected chi connectivity index (χ4v) is 3.13. The van der Waals surface area contributed by atoms with Gasteiger partial charge >= 0.3 is 0 Å². The third kappa shape index (κ3) is 4.73. The van der Waals surface area contributed by atoms with Crippen molar-refractivity contribution in [3.8, 4) is 6.07 Å². The Labute approximate surface area is 153 Å². The van der Waals surface area contributed by atoms with E-state index in [1.54, 1.807) is 18.3 Å². The average molecular weight is 349 g/mol.